The van der Waals surface area contributed by atoms with Gasteiger partial charge in [-0.2, -0.15) is 0 Å². The molecule has 2 atom stereocenters. The monoisotopic (exact) mass is 315 g/mol. The van der Waals surface area contributed by atoms with E-state index in [1.807, 2.05) is 18.3 Å². The molecule has 0 amide bonds. The first-order valence-electron chi connectivity index (χ1n) is 8.00. The van der Waals surface area contributed by atoms with E-state index in [1.54, 1.807) is 0 Å². The minimum Gasteiger partial charge on any atom is -0.311 e. The van der Waals surface area contributed by atoms with Crippen LogP contribution < -0.4 is 5.56 Å². The van der Waals surface area contributed by atoms with Gasteiger partial charge < -0.3 is 4.98 Å². The van der Waals surface area contributed by atoms with Crippen molar-refractivity contribution >= 4 is 11.3 Å². The largest absolute Gasteiger partial charge is 0.311 e. The van der Waals surface area contributed by atoms with Crippen LogP contribution in [0.1, 0.15) is 39.7 Å². The minimum atomic E-state index is 0.0713. The molecular weight excluding hydrogens is 294 g/mol. The number of fused-ring (bicyclic) bond motifs is 3. The van der Waals surface area contributed by atoms with Crippen molar-refractivity contribution < 1.29 is 0 Å². The van der Waals surface area contributed by atoms with Crippen LogP contribution in [-0.2, 0) is 19.4 Å². The van der Waals surface area contributed by atoms with Crippen molar-refractivity contribution in [2.24, 2.45) is 0 Å². The molecule has 2 aromatic rings. The van der Waals surface area contributed by atoms with Crippen LogP contribution in [0.5, 0.6) is 0 Å². The molecule has 2 aliphatic heterocycles. The summed E-state index contributed by atoms with van der Waals surface area (Å²) in [5, 5.41) is 0. The fourth-order valence-corrected chi connectivity index (χ4v) is 4.87. The highest BCUT2D eigenvalue weighted by atomic mass is 32.1. The van der Waals surface area contributed by atoms with Crippen LogP contribution in [0.3, 0.4) is 0 Å². The van der Waals surface area contributed by atoms with Crippen LogP contribution in [-0.4, -0.2) is 27.0 Å². The topological polar surface area (TPSA) is 49.0 Å². The van der Waals surface area contributed by atoms with Crippen molar-refractivity contribution in [2.75, 3.05) is 0 Å². The van der Waals surface area contributed by atoms with Crippen molar-refractivity contribution in [3.05, 3.63) is 49.3 Å². The maximum atomic E-state index is 12.3. The summed E-state index contributed by atoms with van der Waals surface area (Å²) >= 11 is 1.88. The molecule has 4 heterocycles. The van der Waals surface area contributed by atoms with Crippen molar-refractivity contribution in [3.8, 4) is 0 Å². The van der Waals surface area contributed by atoms with Crippen LogP contribution in [0.25, 0.3) is 0 Å². The second kappa shape index (κ2) is 5.32. The first kappa shape index (κ1) is 14.2. The normalized spacial score (nSPS) is 24.3. The summed E-state index contributed by atoms with van der Waals surface area (Å²) in [6.07, 6.45) is 4.18. The molecule has 4 rings (SSSR count). The van der Waals surface area contributed by atoms with E-state index in [1.165, 1.54) is 22.6 Å². The SMILES string of the molecule is Cc1nc2c(c(=O)[nH]1)CC1CCC(C2)N1Cc1ccc(C)s1. The fourth-order valence-electron chi connectivity index (χ4n) is 3.97. The average molecular weight is 315 g/mol. The highest BCUT2D eigenvalue weighted by Crippen LogP contribution is 2.34. The van der Waals surface area contributed by atoms with E-state index < -0.39 is 0 Å². The first-order valence-corrected chi connectivity index (χ1v) is 8.81. The van der Waals surface area contributed by atoms with Crippen LogP contribution in [0, 0.1) is 13.8 Å². The zero-order chi connectivity index (χ0) is 15.3. The van der Waals surface area contributed by atoms with Gasteiger partial charge in [0.2, 0.25) is 0 Å². The molecule has 2 bridgehead atoms. The molecule has 2 unspecified atom stereocenters. The molecule has 2 aromatic heterocycles. The molecular formula is C17H21N3OS. The average Bonchev–Trinajstić information content (AvgIpc) is 2.96. The van der Waals surface area contributed by atoms with Crippen molar-refractivity contribution in [3.63, 3.8) is 0 Å². The maximum absolute atomic E-state index is 12.3. The minimum absolute atomic E-state index is 0.0713. The number of aromatic amines is 1. The summed E-state index contributed by atoms with van der Waals surface area (Å²) in [6, 6.07) is 5.46. The van der Waals surface area contributed by atoms with Gasteiger partial charge in [-0.15, -0.1) is 11.3 Å². The standard InChI is InChI=1S/C17H21N3OS/c1-10-3-6-14(22-10)9-20-12-4-5-13(20)8-16-15(7-12)17(21)19-11(2)18-16/h3,6,12-13H,4-5,7-9H2,1-2H3,(H,18,19,21). The number of hydrogen-bond donors (Lipinski definition) is 1. The first-order chi connectivity index (χ1) is 10.6. The lowest BCUT2D eigenvalue weighted by Gasteiger charge is -2.27. The summed E-state index contributed by atoms with van der Waals surface area (Å²) in [7, 11) is 0. The second-order valence-electron chi connectivity index (χ2n) is 6.55. The number of nitrogens with one attached hydrogen (secondary N) is 1. The molecule has 0 aliphatic carbocycles. The lowest BCUT2D eigenvalue weighted by Crippen LogP contribution is -2.36. The highest BCUT2D eigenvalue weighted by molar-refractivity contribution is 7.11. The highest BCUT2D eigenvalue weighted by Gasteiger charge is 2.38. The Morgan fingerprint density at radius 1 is 1.27 bits per heavy atom. The van der Waals surface area contributed by atoms with Gasteiger partial charge in [0.1, 0.15) is 5.82 Å². The molecule has 1 N–H and O–H groups in total. The molecule has 0 saturated carbocycles. The summed E-state index contributed by atoms with van der Waals surface area (Å²) in [4.78, 5) is 25.2. The summed E-state index contributed by atoms with van der Waals surface area (Å²) in [6.45, 7) is 5.04. The van der Waals surface area contributed by atoms with Crippen LogP contribution in [0.4, 0.5) is 0 Å². The van der Waals surface area contributed by atoms with Gasteiger partial charge in [-0.1, -0.05) is 0 Å². The molecule has 2 aliphatic rings. The Morgan fingerprint density at radius 3 is 2.77 bits per heavy atom. The Bertz CT molecular complexity index is 764. The third-order valence-corrected chi connectivity index (χ3v) is 5.98. The molecule has 0 aromatic carbocycles. The van der Waals surface area contributed by atoms with Gasteiger partial charge in [0.05, 0.1) is 5.69 Å². The molecule has 0 spiro atoms. The molecule has 0 radical (unpaired) electrons. The molecule has 116 valence electrons. The van der Waals surface area contributed by atoms with Crippen LogP contribution >= 0.6 is 11.3 Å². The number of H-pyrrole nitrogens is 1. The van der Waals surface area contributed by atoms with Crippen LogP contribution in [0.2, 0.25) is 0 Å². The predicted octanol–water partition coefficient (Wildman–Crippen LogP) is 2.58. The predicted molar refractivity (Wildman–Crippen MR) is 88.4 cm³/mol. The lowest BCUT2D eigenvalue weighted by molar-refractivity contribution is 0.189. The Balaban J connectivity index is 1.66. The summed E-state index contributed by atoms with van der Waals surface area (Å²) in [5.41, 5.74) is 2.02. The molecule has 1 saturated heterocycles. The van der Waals surface area contributed by atoms with E-state index in [4.69, 9.17) is 0 Å². The van der Waals surface area contributed by atoms with Gasteiger partial charge in [-0.05, 0) is 45.2 Å². The number of nitrogens with zero attached hydrogens (tertiary/aromatic N) is 2. The van der Waals surface area contributed by atoms with Crippen molar-refractivity contribution in [2.45, 2.75) is 58.2 Å². The van der Waals surface area contributed by atoms with E-state index in [0.29, 0.717) is 12.1 Å². The third kappa shape index (κ3) is 2.42. The third-order valence-electron chi connectivity index (χ3n) is 4.99. The zero-order valence-corrected chi connectivity index (χ0v) is 13.9. The number of aromatic nitrogens is 2. The second-order valence-corrected chi connectivity index (χ2v) is 7.93. The number of hydrogen-bond acceptors (Lipinski definition) is 4. The fraction of sp³-hybridized carbons (Fsp3) is 0.529. The number of thiophene rings is 1. The molecule has 22 heavy (non-hydrogen) atoms. The maximum Gasteiger partial charge on any atom is 0.254 e. The smallest absolute Gasteiger partial charge is 0.254 e. The van der Waals surface area contributed by atoms with Gasteiger partial charge in [0.15, 0.2) is 0 Å². The summed E-state index contributed by atoms with van der Waals surface area (Å²) < 4.78 is 0. The van der Waals surface area contributed by atoms with Crippen molar-refractivity contribution in [1.29, 1.82) is 0 Å². The van der Waals surface area contributed by atoms with Gasteiger partial charge >= 0.3 is 0 Å². The van der Waals surface area contributed by atoms with E-state index in [2.05, 4.69) is 33.9 Å². The number of aryl methyl sites for hydroxylation is 2. The Hall–Kier alpha value is -1.46. The van der Waals surface area contributed by atoms with Gasteiger partial charge in [0, 0.05) is 40.4 Å². The van der Waals surface area contributed by atoms with Crippen LogP contribution in [0.15, 0.2) is 16.9 Å². The van der Waals surface area contributed by atoms with Gasteiger partial charge in [-0.25, -0.2) is 4.98 Å². The van der Waals surface area contributed by atoms with E-state index in [0.717, 1.165) is 36.5 Å². The zero-order valence-electron chi connectivity index (χ0n) is 13.1. The van der Waals surface area contributed by atoms with E-state index >= 15 is 0 Å². The van der Waals surface area contributed by atoms with Crippen molar-refractivity contribution in [1.82, 2.24) is 14.9 Å². The Labute approximate surface area is 134 Å². The summed E-state index contributed by atoms with van der Waals surface area (Å²) in [5.74, 6) is 0.738. The molecule has 1 fully saturated rings. The Kier molecular flexibility index (Phi) is 3.42. The number of rotatable bonds is 2. The van der Waals surface area contributed by atoms with E-state index in [-0.39, 0.29) is 5.56 Å². The van der Waals surface area contributed by atoms with E-state index in [9.17, 15) is 4.79 Å². The van der Waals surface area contributed by atoms with Gasteiger partial charge in [0.25, 0.3) is 5.56 Å². The molecule has 5 heteroatoms. The quantitative estimate of drug-likeness (QED) is 0.926. The molecule has 4 nitrogen and oxygen atoms in total. The Morgan fingerprint density at radius 2 is 2.05 bits per heavy atom. The van der Waals surface area contributed by atoms with Gasteiger partial charge in [-0.3, -0.25) is 9.69 Å². The lowest BCUT2D eigenvalue weighted by atomic mass is 9.98.